The lowest BCUT2D eigenvalue weighted by Crippen LogP contribution is -2.37. The van der Waals surface area contributed by atoms with Crippen LogP contribution in [0.4, 0.5) is 0 Å². The van der Waals surface area contributed by atoms with Crippen molar-refractivity contribution in [1.82, 2.24) is 0 Å². The average molecular weight is 443 g/mol. The van der Waals surface area contributed by atoms with Gasteiger partial charge in [-0.1, -0.05) is 92.6 Å². The van der Waals surface area contributed by atoms with Gasteiger partial charge in [0.25, 0.3) is 0 Å². The second kappa shape index (κ2) is 12.5. The van der Waals surface area contributed by atoms with Gasteiger partial charge in [-0.25, -0.2) is 0 Å². The van der Waals surface area contributed by atoms with Crippen LogP contribution in [0.3, 0.4) is 0 Å². The molecule has 1 heterocycles. The van der Waals surface area contributed by atoms with Crippen LogP contribution in [0.25, 0.3) is 0 Å². The van der Waals surface area contributed by atoms with Crippen molar-refractivity contribution in [1.29, 1.82) is 0 Å². The fraction of sp³-hybridized carbons (Fsp3) is 0.806. The van der Waals surface area contributed by atoms with Crippen molar-refractivity contribution in [2.24, 2.45) is 17.8 Å². The van der Waals surface area contributed by atoms with Crippen LogP contribution in [0.1, 0.15) is 141 Å². The molecule has 1 aromatic carbocycles. The molecule has 2 rings (SSSR count). The van der Waals surface area contributed by atoms with Crippen molar-refractivity contribution in [3.05, 3.63) is 28.3 Å². The first-order chi connectivity index (χ1) is 15.0. The fourth-order valence-corrected chi connectivity index (χ4v) is 5.59. The maximum atomic E-state index is 6.71. The molecule has 1 aliphatic rings. The highest BCUT2D eigenvalue weighted by atomic mass is 16.5. The molecule has 0 amide bonds. The lowest BCUT2D eigenvalue weighted by molar-refractivity contribution is 0.0515. The third-order valence-electron chi connectivity index (χ3n) is 8.13. The van der Waals surface area contributed by atoms with Gasteiger partial charge in [-0.3, -0.25) is 0 Å². The Kier molecular flexibility index (Phi) is 10.6. The van der Waals surface area contributed by atoms with Crippen molar-refractivity contribution < 1.29 is 4.74 Å². The van der Waals surface area contributed by atoms with E-state index >= 15 is 0 Å². The summed E-state index contributed by atoms with van der Waals surface area (Å²) in [7, 11) is 0. The zero-order valence-corrected chi connectivity index (χ0v) is 23.1. The molecule has 0 aromatic heterocycles. The molecule has 0 N–H and O–H groups in total. The Bertz CT molecular complexity index is 701. The van der Waals surface area contributed by atoms with Crippen molar-refractivity contribution in [2.45, 2.75) is 144 Å². The zero-order valence-electron chi connectivity index (χ0n) is 23.1. The number of hydrogen-bond donors (Lipinski definition) is 0. The number of ether oxygens (including phenoxy) is 1. The molecule has 1 aromatic rings. The molecule has 0 radical (unpaired) electrons. The standard InChI is InChI=1S/C31H54O/c1-22(2)13-10-14-24(5)15-11-16-25(6)17-12-19-31(9)20-18-28-21-29(23(3)4)26(7)27(8)30(28)32-31/h21-25H,10-20H2,1-9H3/t24-,25-,31-/m1/s1. The first kappa shape index (κ1) is 27.3. The SMILES string of the molecule is Cc1c(C(C)C)cc2c(c1C)O[C@](C)(CCC[C@H](C)CCC[C@H](C)CCCC(C)C)CC2. The molecular weight excluding hydrogens is 388 g/mol. The molecule has 3 atom stereocenters. The van der Waals surface area contributed by atoms with Gasteiger partial charge in [0.1, 0.15) is 11.4 Å². The Hall–Kier alpha value is -0.980. The number of rotatable bonds is 13. The third kappa shape index (κ3) is 8.11. The first-order valence-corrected chi connectivity index (χ1v) is 13.8. The maximum absolute atomic E-state index is 6.71. The van der Waals surface area contributed by atoms with Crippen LogP contribution >= 0.6 is 0 Å². The highest BCUT2D eigenvalue weighted by Crippen LogP contribution is 2.41. The summed E-state index contributed by atoms with van der Waals surface area (Å²) < 4.78 is 6.71. The topological polar surface area (TPSA) is 9.23 Å². The van der Waals surface area contributed by atoms with Gasteiger partial charge in [-0.05, 0) is 92.4 Å². The second-order valence-electron chi connectivity index (χ2n) is 12.3. The van der Waals surface area contributed by atoms with Crippen LogP contribution in [-0.2, 0) is 6.42 Å². The van der Waals surface area contributed by atoms with Gasteiger partial charge in [0, 0.05) is 0 Å². The van der Waals surface area contributed by atoms with Gasteiger partial charge < -0.3 is 4.74 Å². The predicted molar refractivity (Wildman–Crippen MR) is 142 cm³/mol. The molecule has 0 bridgehead atoms. The first-order valence-electron chi connectivity index (χ1n) is 13.8. The van der Waals surface area contributed by atoms with E-state index in [9.17, 15) is 0 Å². The second-order valence-corrected chi connectivity index (χ2v) is 12.3. The molecule has 0 fully saturated rings. The van der Waals surface area contributed by atoms with E-state index in [0.717, 1.165) is 30.6 Å². The zero-order chi connectivity index (χ0) is 23.9. The van der Waals surface area contributed by atoms with Gasteiger partial charge in [0.2, 0.25) is 0 Å². The van der Waals surface area contributed by atoms with E-state index in [1.54, 1.807) is 0 Å². The van der Waals surface area contributed by atoms with E-state index < -0.39 is 0 Å². The molecule has 1 nitrogen and oxygen atoms in total. The molecule has 1 heteroatoms. The molecule has 0 aliphatic carbocycles. The van der Waals surface area contributed by atoms with Crippen LogP contribution in [0.2, 0.25) is 0 Å². The highest BCUT2D eigenvalue weighted by molar-refractivity contribution is 5.51. The van der Waals surface area contributed by atoms with Crippen LogP contribution in [0, 0.1) is 31.6 Å². The van der Waals surface area contributed by atoms with Gasteiger partial charge in [0.15, 0.2) is 0 Å². The third-order valence-corrected chi connectivity index (χ3v) is 8.13. The summed E-state index contributed by atoms with van der Waals surface area (Å²) >= 11 is 0. The van der Waals surface area contributed by atoms with Crippen molar-refractivity contribution >= 4 is 0 Å². The minimum absolute atomic E-state index is 0.00813. The Morgan fingerprint density at radius 2 is 1.38 bits per heavy atom. The number of aryl methyl sites for hydroxylation is 1. The summed E-state index contributed by atoms with van der Waals surface area (Å²) in [6.07, 6.45) is 14.6. The van der Waals surface area contributed by atoms with Crippen LogP contribution in [0.15, 0.2) is 6.07 Å². The summed E-state index contributed by atoms with van der Waals surface area (Å²) in [5.74, 6) is 4.38. The van der Waals surface area contributed by atoms with Crippen molar-refractivity contribution in [3.8, 4) is 5.75 Å². The quantitative estimate of drug-likeness (QED) is 0.295. The Morgan fingerprint density at radius 3 is 1.94 bits per heavy atom. The summed E-state index contributed by atoms with van der Waals surface area (Å²) in [4.78, 5) is 0. The van der Waals surface area contributed by atoms with E-state index in [4.69, 9.17) is 4.74 Å². The largest absolute Gasteiger partial charge is 0.487 e. The van der Waals surface area contributed by atoms with E-state index in [-0.39, 0.29) is 5.60 Å². The Balaban J connectivity index is 1.75. The maximum Gasteiger partial charge on any atom is 0.126 e. The normalized spacial score (nSPS) is 20.3. The van der Waals surface area contributed by atoms with E-state index in [0.29, 0.717) is 5.92 Å². The van der Waals surface area contributed by atoms with E-state index in [1.165, 1.54) is 85.8 Å². The Labute approximate surface area is 201 Å². The lowest BCUT2D eigenvalue weighted by Gasteiger charge is -2.38. The summed E-state index contributed by atoms with van der Waals surface area (Å²) in [5, 5.41) is 0. The predicted octanol–water partition coefficient (Wildman–Crippen LogP) is 9.95. The molecule has 32 heavy (non-hydrogen) atoms. The number of hydrogen-bond acceptors (Lipinski definition) is 1. The molecule has 0 spiro atoms. The van der Waals surface area contributed by atoms with E-state index in [1.807, 2.05) is 0 Å². The number of fused-ring (bicyclic) bond motifs is 1. The molecular formula is C31H54O. The van der Waals surface area contributed by atoms with Crippen LogP contribution in [0.5, 0.6) is 5.75 Å². The Morgan fingerprint density at radius 1 is 0.812 bits per heavy atom. The highest BCUT2D eigenvalue weighted by Gasteiger charge is 2.33. The van der Waals surface area contributed by atoms with Crippen LogP contribution in [-0.4, -0.2) is 5.60 Å². The monoisotopic (exact) mass is 442 g/mol. The minimum atomic E-state index is 0.00813. The fourth-order valence-electron chi connectivity index (χ4n) is 5.59. The molecule has 0 saturated heterocycles. The number of benzene rings is 1. The molecule has 1 aliphatic heterocycles. The van der Waals surface area contributed by atoms with Crippen molar-refractivity contribution in [3.63, 3.8) is 0 Å². The summed E-state index contributed by atoms with van der Waals surface area (Å²) in [5.41, 5.74) is 5.73. The van der Waals surface area contributed by atoms with Crippen molar-refractivity contribution in [2.75, 3.05) is 0 Å². The summed E-state index contributed by atoms with van der Waals surface area (Å²) in [6.45, 7) is 21.1. The smallest absolute Gasteiger partial charge is 0.126 e. The van der Waals surface area contributed by atoms with Gasteiger partial charge in [-0.15, -0.1) is 0 Å². The van der Waals surface area contributed by atoms with Crippen LogP contribution < -0.4 is 4.74 Å². The molecule has 0 saturated carbocycles. The lowest BCUT2D eigenvalue weighted by atomic mass is 9.83. The molecule has 0 unspecified atom stereocenters. The average Bonchev–Trinajstić information content (AvgIpc) is 2.70. The van der Waals surface area contributed by atoms with E-state index in [2.05, 4.69) is 68.4 Å². The minimum Gasteiger partial charge on any atom is -0.487 e. The van der Waals surface area contributed by atoms with Gasteiger partial charge in [-0.2, -0.15) is 0 Å². The van der Waals surface area contributed by atoms with Gasteiger partial charge >= 0.3 is 0 Å². The summed E-state index contributed by atoms with van der Waals surface area (Å²) in [6, 6.07) is 2.42. The van der Waals surface area contributed by atoms with Gasteiger partial charge in [0.05, 0.1) is 0 Å². The molecule has 184 valence electrons.